The molecule has 0 bridgehead atoms. The first-order valence-electron chi connectivity index (χ1n) is 7.10. The largest absolute Gasteiger partial charge is 0.0616 e. The van der Waals surface area contributed by atoms with E-state index in [0.717, 1.165) is 4.47 Å². The summed E-state index contributed by atoms with van der Waals surface area (Å²) in [6.45, 7) is 0. The van der Waals surface area contributed by atoms with Crippen LogP contribution in [0.2, 0.25) is 0 Å². The standard InChI is InChI=1S/C20H12BrI/c21-14-11-9-13(10-12-14)19-15-5-1-3-7-17(15)20(22)18-8-4-2-6-16(18)19/h1-12H. The zero-order valence-corrected chi connectivity index (χ0v) is 15.4. The van der Waals surface area contributed by atoms with E-state index >= 15 is 0 Å². The third kappa shape index (κ3) is 2.25. The summed E-state index contributed by atoms with van der Waals surface area (Å²) in [6.07, 6.45) is 0. The van der Waals surface area contributed by atoms with Crippen molar-refractivity contribution < 1.29 is 0 Å². The van der Waals surface area contributed by atoms with Crippen molar-refractivity contribution in [3.8, 4) is 11.1 Å². The van der Waals surface area contributed by atoms with Gasteiger partial charge in [-0.1, -0.05) is 76.6 Å². The van der Waals surface area contributed by atoms with Crippen LogP contribution in [-0.2, 0) is 0 Å². The number of fused-ring (bicyclic) bond motifs is 2. The Morgan fingerprint density at radius 1 is 0.591 bits per heavy atom. The molecule has 0 radical (unpaired) electrons. The summed E-state index contributed by atoms with van der Waals surface area (Å²) in [7, 11) is 0. The molecule has 0 aliphatic heterocycles. The van der Waals surface area contributed by atoms with E-state index < -0.39 is 0 Å². The van der Waals surface area contributed by atoms with Crippen molar-refractivity contribution in [3.63, 3.8) is 0 Å². The van der Waals surface area contributed by atoms with Crippen LogP contribution in [0, 0.1) is 3.57 Å². The molecule has 0 saturated heterocycles. The van der Waals surface area contributed by atoms with Crippen molar-refractivity contribution in [1.82, 2.24) is 0 Å². The summed E-state index contributed by atoms with van der Waals surface area (Å²) < 4.78 is 2.43. The Kier molecular flexibility index (Phi) is 3.66. The van der Waals surface area contributed by atoms with Crippen LogP contribution < -0.4 is 0 Å². The maximum Gasteiger partial charge on any atom is 0.0287 e. The van der Waals surface area contributed by atoms with E-state index in [1.165, 1.54) is 36.2 Å². The fourth-order valence-electron chi connectivity index (χ4n) is 3.00. The fraction of sp³-hybridized carbons (Fsp3) is 0. The highest BCUT2D eigenvalue weighted by atomic mass is 127. The van der Waals surface area contributed by atoms with Gasteiger partial charge in [-0.2, -0.15) is 0 Å². The summed E-state index contributed by atoms with van der Waals surface area (Å²) >= 11 is 6.00. The Bertz CT molecular complexity index is 931. The Hall–Kier alpha value is -1.39. The maximum absolute atomic E-state index is 3.53. The van der Waals surface area contributed by atoms with Gasteiger partial charge in [0.1, 0.15) is 0 Å². The second-order valence-electron chi connectivity index (χ2n) is 5.29. The van der Waals surface area contributed by atoms with Gasteiger partial charge in [0.15, 0.2) is 0 Å². The maximum atomic E-state index is 3.53. The summed E-state index contributed by atoms with van der Waals surface area (Å²) in [4.78, 5) is 0. The zero-order valence-electron chi connectivity index (χ0n) is 11.7. The SMILES string of the molecule is Brc1ccc(-c2c3ccccc3c(I)c3ccccc23)cc1. The second kappa shape index (κ2) is 5.67. The van der Waals surface area contributed by atoms with Gasteiger partial charge in [-0.05, 0) is 67.4 Å². The van der Waals surface area contributed by atoms with Gasteiger partial charge < -0.3 is 0 Å². The molecule has 0 aromatic heterocycles. The molecule has 4 aromatic rings. The Morgan fingerprint density at radius 2 is 1.05 bits per heavy atom. The Morgan fingerprint density at radius 3 is 1.55 bits per heavy atom. The number of rotatable bonds is 1. The molecule has 0 atom stereocenters. The quantitative estimate of drug-likeness (QED) is 0.212. The first-order valence-corrected chi connectivity index (χ1v) is 8.98. The van der Waals surface area contributed by atoms with Crippen LogP contribution in [0.1, 0.15) is 0 Å². The molecular formula is C20H12BrI. The molecule has 0 fully saturated rings. The van der Waals surface area contributed by atoms with Crippen molar-refractivity contribution in [3.05, 3.63) is 80.8 Å². The fourth-order valence-corrected chi connectivity index (χ4v) is 4.21. The van der Waals surface area contributed by atoms with Gasteiger partial charge in [-0.3, -0.25) is 0 Å². The summed E-state index contributed by atoms with van der Waals surface area (Å²) in [6, 6.07) is 25.9. The van der Waals surface area contributed by atoms with Gasteiger partial charge in [0.25, 0.3) is 0 Å². The molecule has 0 spiro atoms. The number of benzene rings is 4. The van der Waals surface area contributed by atoms with Crippen molar-refractivity contribution in [2.24, 2.45) is 0 Å². The van der Waals surface area contributed by atoms with E-state index in [1.54, 1.807) is 0 Å². The monoisotopic (exact) mass is 458 g/mol. The predicted molar refractivity (Wildman–Crippen MR) is 107 cm³/mol. The zero-order chi connectivity index (χ0) is 15.1. The van der Waals surface area contributed by atoms with Crippen LogP contribution in [0.4, 0.5) is 0 Å². The van der Waals surface area contributed by atoms with Crippen LogP contribution in [0.5, 0.6) is 0 Å². The van der Waals surface area contributed by atoms with E-state index in [9.17, 15) is 0 Å². The van der Waals surface area contributed by atoms with Gasteiger partial charge in [-0.15, -0.1) is 0 Å². The molecule has 0 heterocycles. The molecule has 2 heteroatoms. The molecular weight excluding hydrogens is 447 g/mol. The van der Waals surface area contributed by atoms with Crippen LogP contribution in [0.25, 0.3) is 32.7 Å². The van der Waals surface area contributed by atoms with Crippen LogP contribution in [0.3, 0.4) is 0 Å². The molecule has 0 unspecified atom stereocenters. The Labute approximate surface area is 151 Å². The van der Waals surface area contributed by atoms with E-state index in [-0.39, 0.29) is 0 Å². The van der Waals surface area contributed by atoms with Gasteiger partial charge >= 0.3 is 0 Å². The predicted octanol–water partition coefficient (Wildman–Crippen LogP) is 7.03. The Balaban J connectivity index is 2.23. The van der Waals surface area contributed by atoms with Crippen molar-refractivity contribution in [2.75, 3.05) is 0 Å². The molecule has 0 aliphatic rings. The number of hydrogen-bond acceptors (Lipinski definition) is 0. The van der Waals surface area contributed by atoms with E-state index in [2.05, 4.69) is 111 Å². The molecule has 0 nitrogen and oxygen atoms in total. The molecule has 0 N–H and O–H groups in total. The normalized spacial score (nSPS) is 11.2. The highest BCUT2D eigenvalue weighted by Gasteiger charge is 2.13. The van der Waals surface area contributed by atoms with E-state index in [1.807, 2.05) is 0 Å². The highest BCUT2D eigenvalue weighted by molar-refractivity contribution is 14.1. The minimum atomic E-state index is 1.11. The average molecular weight is 459 g/mol. The third-order valence-corrected chi connectivity index (χ3v) is 5.69. The highest BCUT2D eigenvalue weighted by Crippen LogP contribution is 2.39. The molecule has 0 aliphatic carbocycles. The van der Waals surface area contributed by atoms with Crippen LogP contribution in [-0.4, -0.2) is 0 Å². The first kappa shape index (κ1) is 14.2. The lowest BCUT2D eigenvalue weighted by atomic mass is 9.92. The number of halogens is 2. The van der Waals surface area contributed by atoms with Crippen LogP contribution >= 0.6 is 38.5 Å². The van der Waals surface area contributed by atoms with Crippen molar-refractivity contribution in [2.45, 2.75) is 0 Å². The second-order valence-corrected chi connectivity index (χ2v) is 7.28. The van der Waals surface area contributed by atoms with E-state index in [0.29, 0.717) is 0 Å². The minimum absolute atomic E-state index is 1.11. The first-order chi connectivity index (χ1) is 10.8. The van der Waals surface area contributed by atoms with Gasteiger partial charge in [0, 0.05) is 8.04 Å². The minimum Gasteiger partial charge on any atom is -0.0616 e. The topological polar surface area (TPSA) is 0 Å². The third-order valence-electron chi connectivity index (χ3n) is 4.00. The molecule has 0 saturated carbocycles. The molecule has 4 aromatic carbocycles. The summed E-state index contributed by atoms with van der Waals surface area (Å²) in [5.74, 6) is 0. The van der Waals surface area contributed by atoms with Crippen molar-refractivity contribution >= 4 is 60.1 Å². The molecule has 4 rings (SSSR count). The lowest BCUT2D eigenvalue weighted by Gasteiger charge is -2.14. The lowest BCUT2D eigenvalue weighted by Crippen LogP contribution is -1.89. The van der Waals surface area contributed by atoms with Gasteiger partial charge in [-0.25, -0.2) is 0 Å². The average Bonchev–Trinajstić information content (AvgIpc) is 2.57. The summed E-state index contributed by atoms with van der Waals surface area (Å²) in [5.41, 5.74) is 2.58. The molecule has 0 amide bonds. The van der Waals surface area contributed by atoms with E-state index in [4.69, 9.17) is 0 Å². The number of hydrogen-bond donors (Lipinski definition) is 0. The lowest BCUT2D eigenvalue weighted by molar-refractivity contribution is 1.63. The summed E-state index contributed by atoms with van der Waals surface area (Å²) in [5, 5.41) is 5.26. The van der Waals surface area contributed by atoms with Crippen molar-refractivity contribution in [1.29, 1.82) is 0 Å². The smallest absolute Gasteiger partial charge is 0.0287 e. The van der Waals surface area contributed by atoms with Gasteiger partial charge in [0.05, 0.1) is 0 Å². The van der Waals surface area contributed by atoms with Crippen LogP contribution in [0.15, 0.2) is 77.3 Å². The van der Waals surface area contributed by atoms with Gasteiger partial charge in [0.2, 0.25) is 0 Å². The molecule has 22 heavy (non-hydrogen) atoms. The molecule has 106 valence electrons.